The summed E-state index contributed by atoms with van der Waals surface area (Å²) in [5, 5.41) is 3.95. The summed E-state index contributed by atoms with van der Waals surface area (Å²) in [6, 6.07) is 5.13. The van der Waals surface area contributed by atoms with Crippen molar-refractivity contribution in [2.75, 3.05) is 0 Å². The molecular formula is C15H15Cl2N3O. The molecule has 0 saturated carbocycles. The second-order valence-electron chi connectivity index (χ2n) is 4.71. The lowest BCUT2D eigenvalue weighted by molar-refractivity contribution is -0.117. The minimum atomic E-state index is -0.168. The molecule has 0 spiro atoms. The van der Waals surface area contributed by atoms with E-state index in [0.29, 0.717) is 16.6 Å². The van der Waals surface area contributed by atoms with E-state index in [-0.39, 0.29) is 11.9 Å². The average Bonchev–Trinajstić information content (AvgIpc) is 2.88. The molecule has 0 fully saturated rings. The topological polar surface area (TPSA) is 46.9 Å². The minimum Gasteiger partial charge on any atom is -0.348 e. The molecule has 1 atom stereocenters. The number of hydrogen-bond acceptors (Lipinski definition) is 2. The highest BCUT2D eigenvalue weighted by Gasteiger charge is 2.05. The molecule has 110 valence electrons. The highest BCUT2D eigenvalue weighted by molar-refractivity contribution is 6.34. The first-order chi connectivity index (χ1) is 10.0. The largest absolute Gasteiger partial charge is 0.348 e. The standard InChI is InChI=1S/C15H15Cl2N3O/c1-11(9-20-5-4-18-10-20)19-15(21)3-2-12-6-13(16)8-14(17)7-12/h2-8,10-11H,9H2,1H3,(H,19,21)/b3-2+. The van der Waals surface area contributed by atoms with Crippen molar-refractivity contribution in [1.29, 1.82) is 0 Å². The number of aromatic nitrogens is 2. The molecule has 21 heavy (non-hydrogen) atoms. The van der Waals surface area contributed by atoms with E-state index in [4.69, 9.17) is 23.2 Å². The Balaban J connectivity index is 1.90. The Morgan fingerprint density at radius 1 is 1.38 bits per heavy atom. The van der Waals surface area contributed by atoms with Crippen molar-refractivity contribution in [3.8, 4) is 0 Å². The van der Waals surface area contributed by atoms with E-state index >= 15 is 0 Å². The van der Waals surface area contributed by atoms with Gasteiger partial charge in [-0.3, -0.25) is 4.79 Å². The number of amides is 1. The van der Waals surface area contributed by atoms with Gasteiger partial charge in [0.2, 0.25) is 5.91 Å². The van der Waals surface area contributed by atoms with Gasteiger partial charge < -0.3 is 9.88 Å². The smallest absolute Gasteiger partial charge is 0.244 e. The summed E-state index contributed by atoms with van der Waals surface area (Å²) in [7, 11) is 0. The number of halogens is 2. The fourth-order valence-corrected chi connectivity index (χ4v) is 2.43. The van der Waals surface area contributed by atoms with Gasteiger partial charge in [0.05, 0.1) is 6.33 Å². The number of hydrogen-bond donors (Lipinski definition) is 1. The van der Waals surface area contributed by atoms with Crippen LogP contribution in [0.2, 0.25) is 10.0 Å². The zero-order chi connectivity index (χ0) is 15.2. The van der Waals surface area contributed by atoms with Crippen LogP contribution in [0.25, 0.3) is 6.08 Å². The summed E-state index contributed by atoms with van der Waals surface area (Å²) in [5.41, 5.74) is 0.782. The normalized spacial score (nSPS) is 12.5. The molecule has 0 aliphatic heterocycles. The van der Waals surface area contributed by atoms with E-state index in [9.17, 15) is 4.79 Å². The molecule has 0 saturated heterocycles. The van der Waals surface area contributed by atoms with Gasteiger partial charge in [-0.1, -0.05) is 23.2 Å². The minimum absolute atomic E-state index is 0.000649. The van der Waals surface area contributed by atoms with Gasteiger partial charge in [0.25, 0.3) is 0 Å². The number of carbonyl (C=O) groups is 1. The van der Waals surface area contributed by atoms with Crippen molar-refractivity contribution in [3.63, 3.8) is 0 Å². The Morgan fingerprint density at radius 3 is 2.71 bits per heavy atom. The molecule has 1 heterocycles. The van der Waals surface area contributed by atoms with Crippen molar-refractivity contribution in [3.05, 3.63) is 58.6 Å². The third-order valence-corrected chi connectivity index (χ3v) is 3.18. The van der Waals surface area contributed by atoms with Crippen molar-refractivity contribution < 1.29 is 4.79 Å². The summed E-state index contributed by atoms with van der Waals surface area (Å²) in [5.74, 6) is -0.168. The first kappa shape index (κ1) is 15.6. The number of benzene rings is 1. The Bertz CT molecular complexity index is 618. The monoisotopic (exact) mass is 323 g/mol. The van der Waals surface area contributed by atoms with Gasteiger partial charge in [0.1, 0.15) is 0 Å². The van der Waals surface area contributed by atoms with Crippen LogP contribution in [0.4, 0.5) is 0 Å². The molecule has 0 aliphatic carbocycles. The maximum Gasteiger partial charge on any atom is 0.244 e. The second-order valence-corrected chi connectivity index (χ2v) is 5.58. The molecule has 6 heteroatoms. The molecule has 2 rings (SSSR count). The average molecular weight is 324 g/mol. The Labute approximate surface area is 133 Å². The summed E-state index contributed by atoms with van der Waals surface area (Å²) < 4.78 is 1.91. The van der Waals surface area contributed by atoms with Crippen LogP contribution >= 0.6 is 23.2 Å². The van der Waals surface area contributed by atoms with E-state index in [0.717, 1.165) is 5.56 Å². The van der Waals surface area contributed by atoms with Gasteiger partial charge in [0, 0.05) is 41.1 Å². The lowest BCUT2D eigenvalue weighted by Gasteiger charge is -2.12. The van der Waals surface area contributed by atoms with E-state index < -0.39 is 0 Å². The quantitative estimate of drug-likeness (QED) is 0.857. The predicted octanol–water partition coefficient (Wildman–Crippen LogP) is 3.41. The Hall–Kier alpha value is -1.78. The summed E-state index contributed by atoms with van der Waals surface area (Å²) >= 11 is 11.8. The lowest BCUT2D eigenvalue weighted by Crippen LogP contribution is -2.34. The first-order valence-electron chi connectivity index (χ1n) is 6.43. The molecule has 0 aliphatic rings. The lowest BCUT2D eigenvalue weighted by atomic mass is 10.2. The van der Waals surface area contributed by atoms with Gasteiger partial charge >= 0.3 is 0 Å². The molecular weight excluding hydrogens is 309 g/mol. The summed E-state index contributed by atoms with van der Waals surface area (Å²) in [6.45, 7) is 2.60. The van der Waals surface area contributed by atoms with Gasteiger partial charge in [0.15, 0.2) is 0 Å². The number of nitrogens with zero attached hydrogens (tertiary/aromatic N) is 2. The number of imidazole rings is 1. The van der Waals surface area contributed by atoms with Crippen LogP contribution in [-0.4, -0.2) is 21.5 Å². The van der Waals surface area contributed by atoms with Gasteiger partial charge in [-0.05, 0) is 36.8 Å². The van der Waals surface area contributed by atoms with Crippen molar-refractivity contribution in [1.82, 2.24) is 14.9 Å². The fourth-order valence-electron chi connectivity index (χ4n) is 1.89. The maximum absolute atomic E-state index is 11.8. The van der Waals surface area contributed by atoms with Gasteiger partial charge in [-0.2, -0.15) is 0 Å². The third kappa shape index (κ3) is 5.25. The summed E-state index contributed by atoms with van der Waals surface area (Å²) in [4.78, 5) is 15.8. The molecule has 4 nitrogen and oxygen atoms in total. The van der Waals surface area contributed by atoms with Crippen LogP contribution in [0.3, 0.4) is 0 Å². The molecule has 1 aromatic carbocycles. The van der Waals surface area contributed by atoms with Crippen LogP contribution in [0.1, 0.15) is 12.5 Å². The molecule has 1 aromatic heterocycles. The second kappa shape index (κ2) is 7.29. The number of carbonyl (C=O) groups excluding carboxylic acids is 1. The highest BCUT2D eigenvalue weighted by atomic mass is 35.5. The van der Waals surface area contributed by atoms with E-state index in [1.54, 1.807) is 36.8 Å². The Morgan fingerprint density at radius 2 is 2.10 bits per heavy atom. The van der Waals surface area contributed by atoms with E-state index in [2.05, 4.69) is 10.3 Å². The molecule has 1 amide bonds. The molecule has 1 unspecified atom stereocenters. The highest BCUT2D eigenvalue weighted by Crippen LogP contribution is 2.19. The first-order valence-corrected chi connectivity index (χ1v) is 7.19. The maximum atomic E-state index is 11.8. The van der Waals surface area contributed by atoms with E-state index in [1.165, 1.54) is 6.08 Å². The molecule has 0 radical (unpaired) electrons. The summed E-state index contributed by atoms with van der Waals surface area (Å²) in [6.07, 6.45) is 8.42. The Kier molecular flexibility index (Phi) is 5.42. The van der Waals surface area contributed by atoms with Crippen molar-refractivity contribution in [2.45, 2.75) is 19.5 Å². The third-order valence-electron chi connectivity index (χ3n) is 2.74. The van der Waals surface area contributed by atoms with Crippen molar-refractivity contribution >= 4 is 35.2 Å². The SMILES string of the molecule is CC(Cn1ccnc1)NC(=O)/C=C/c1cc(Cl)cc(Cl)c1. The zero-order valence-electron chi connectivity index (χ0n) is 11.5. The molecule has 2 aromatic rings. The number of nitrogens with one attached hydrogen (secondary N) is 1. The van der Waals surface area contributed by atoms with Crippen LogP contribution in [0.5, 0.6) is 0 Å². The predicted molar refractivity (Wildman–Crippen MR) is 85.3 cm³/mol. The van der Waals surface area contributed by atoms with Gasteiger partial charge in [-0.15, -0.1) is 0 Å². The zero-order valence-corrected chi connectivity index (χ0v) is 13.0. The van der Waals surface area contributed by atoms with Gasteiger partial charge in [-0.25, -0.2) is 4.98 Å². The van der Waals surface area contributed by atoms with Crippen LogP contribution in [-0.2, 0) is 11.3 Å². The van der Waals surface area contributed by atoms with E-state index in [1.807, 2.05) is 17.7 Å². The fraction of sp³-hybridized carbons (Fsp3) is 0.200. The molecule has 1 N–H and O–H groups in total. The van der Waals surface area contributed by atoms with Crippen LogP contribution in [0, 0.1) is 0 Å². The van der Waals surface area contributed by atoms with Crippen molar-refractivity contribution in [2.24, 2.45) is 0 Å². The number of rotatable bonds is 5. The van der Waals surface area contributed by atoms with Crippen LogP contribution < -0.4 is 5.32 Å². The van der Waals surface area contributed by atoms with Crippen LogP contribution in [0.15, 0.2) is 43.0 Å². The molecule has 0 bridgehead atoms.